The van der Waals surface area contributed by atoms with Gasteiger partial charge in [0.25, 0.3) is 0 Å². The highest BCUT2D eigenvalue weighted by Gasteiger charge is 2.09. The first kappa shape index (κ1) is 13.7. The highest BCUT2D eigenvalue weighted by molar-refractivity contribution is 6.33. The maximum atomic E-state index is 11.5. The van der Waals surface area contributed by atoms with Crippen molar-refractivity contribution in [3.63, 3.8) is 0 Å². The zero-order chi connectivity index (χ0) is 14.5. The summed E-state index contributed by atoms with van der Waals surface area (Å²) in [5.74, 6) is 0.797. The predicted molar refractivity (Wildman–Crippen MR) is 75.9 cm³/mol. The summed E-state index contributed by atoms with van der Waals surface area (Å²) in [5, 5.41) is 6.99. The predicted octanol–water partition coefficient (Wildman–Crippen LogP) is 2.60. The lowest BCUT2D eigenvalue weighted by atomic mass is 10.1. The normalized spacial score (nSPS) is 9.90. The number of ether oxygens (including phenoxy) is 2. The van der Waals surface area contributed by atoms with Crippen molar-refractivity contribution >= 4 is 12.0 Å². The summed E-state index contributed by atoms with van der Waals surface area (Å²) in [6.07, 6.45) is 0.751. The molecular formula is C15H14N2O3. The van der Waals surface area contributed by atoms with Gasteiger partial charge in [-0.25, -0.2) is 4.98 Å². The van der Waals surface area contributed by atoms with Crippen LogP contribution in [0.4, 0.5) is 0 Å². The van der Waals surface area contributed by atoms with Gasteiger partial charge in [-0.05, 0) is 30.3 Å². The topological polar surface area (TPSA) is 72.3 Å². The number of carbonyl (C=O) groups is 1. The average Bonchev–Trinajstić information content (AvgIpc) is 2.53. The van der Waals surface area contributed by atoms with Gasteiger partial charge < -0.3 is 14.9 Å². The molecule has 0 aliphatic heterocycles. The summed E-state index contributed by atoms with van der Waals surface area (Å²) < 4.78 is 10.4. The van der Waals surface area contributed by atoms with Gasteiger partial charge in [-0.3, -0.25) is 4.79 Å². The van der Waals surface area contributed by atoms with Crippen LogP contribution in [0.25, 0.3) is 11.3 Å². The number of nitrogens with zero attached hydrogens (tertiary/aromatic N) is 1. The van der Waals surface area contributed by atoms with Crippen LogP contribution >= 0.6 is 0 Å². The van der Waals surface area contributed by atoms with E-state index >= 15 is 0 Å². The third-order valence-corrected chi connectivity index (χ3v) is 2.81. The van der Waals surface area contributed by atoms with Gasteiger partial charge in [0.2, 0.25) is 5.78 Å². The van der Waals surface area contributed by atoms with Gasteiger partial charge in [0.05, 0.1) is 26.1 Å². The number of nitrogens with one attached hydrogen (secondary N) is 1. The van der Waals surface area contributed by atoms with Crippen molar-refractivity contribution in [2.75, 3.05) is 14.2 Å². The zero-order valence-electron chi connectivity index (χ0n) is 11.2. The maximum Gasteiger partial charge on any atom is 0.221 e. The molecule has 20 heavy (non-hydrogen) atoms. The Bertz CT molecular complexity index is 653. The average molecular weight is 270 g/mol. The fraction of sp³-hybridized carbons (Fsp3) is 0.133. The lowest BCUT2D eigenvalue weighted by Crippen LogP contribution is -2.03. The summed E-state index contributed by atoms with van der Waals surface area (Å²) >= 11 is 0. The van der Waals surface area contributed by atoms with Gasteiger partial charge in [-0.1, -0.05) is 6.07 Å². The van der Waals surface area contributed by atoms with Crippen LogP contribution in [0.3, 0.4) is 0 Å². The first-order valence-corrected chi connectivity index (χ1v) is 5.94. The minimum Gasteiger partial charge on any atom is -0.493 e. The molecule has 0 spiro atoms. The number of carbonyl (C=O) groups excluding carboxylic acids is 1. The van der Waals surface area contributed by atoms with Crippen molar-refractivity contribution in [1.82, 2.24) is 4.98 Å². The van der Waals surface area contributed by atoms with Crippen LogP contribution in [0.5, 0.6) is 11.5 Å². The molecule has 0 saturated carbocycles. The second kappa shape index (κ2) is 5.97. The number of benzene rings is 1. The molecule has 1 aromatic carbocycles. The summed E-state index contributed by atoms with van der Waals surface area (Å²) in [7, 11) is 3.13. The summed E-state index contributed by atoms with van der Waals surface area (Å²) in [4.78, 5) is 15.7. The molecule has 1 aromatic heterocycles. The van der Waals surface area contributed by atoms with E-state index in [4.69, 9.17) is 14.9 Å². The van der Waals surface area contributed by atoms with Crippen LogP contribution in [0.15, 0.2) is 36.4 Å². The van der Waals surface area contributed by atoms with Crippen molar-refractivity contribution in [1.29, 1.82) is 5.41 Å². The van der Waals surface area contributed by atoms with E-state index in [-0.39, 0.29) is 5.69 Å². The Balaban J connectivity index is 2.46. The quantitative estimate of drug-likeness (QED) is 0.669. The van der Waals surface area contributed by atoms with E-state index < -0.39 is 5.78 Å². The molecule has 0 bridgehead atoms. The van der Waals surface area contributed by atoms with Gasteiger partial charge in [0.1, 0.15) is 5.69 Å². The van der Waals surface area contributed by atoms with E-state index in [1.54, 1.807) is 44.6 Å². The molecular weight excluding hydrogens is 256 g/mol. The molecule has 0 radical (unpaired) electrons. The Labute approximate surface area is 116 Å². The van der Waals surface area contributed by atoms with Gasteiger partial charge in [0.15, 0.2) is 11.5 Å². The SMILES string of the molecule is COc1ccc(-c2cccc(C(=O)C=N)n2)cc1OC. The Kier molecular flexibility index (Phi) is 4.10. The fourth-order valence-electron chi connectivity index (χ4n) is 1.80. The van der Waals surface area contributed by atoms with Gasteiger partial charge >= 0.3 is 0 Å². The standard InChI is InChI=1S/C15H14N2O3/c1-19-14-7-6-10(8-15(14)20-2)11-4-3-5-12(17-11)13(18)9-16/h3-9,16H,1-2H3. The van der Waals surface area contributed by atoms with Gasteiger partial charge in [-0.2, -0.15) is 0 Å². The minimum atomic E-state index is -0.424. The van der Waals surface area contributed by atoms with Crippen LogP contribution < -0.4 is 9.47 Å². The number of Topliss-reactive ketones (excluding diaryl/α,β-unsaturated/α-hetero) is 1. The van der Waals surface area contributed by atoms with Gasteiger partial charge in [0, 0.05) is 5.56 Å². The number of pyridine rings is 1. The summed E-state index contributed by atoms with van der Waals surface area (Å²) in [6, 6.07) is 10.5. The molecule has 0 atom stereocenters. The molecule has 102 valence electrons. The Hall–Kier alpha value is -2.69. The highest BCUT2D eigenvalue weighted by atomic mass is 16.5. The molecule has 0 aliphatic rings. The highest BCUT2D eigenvalue weighted by Crippen LogP contribution is 2.31. The van der Waals surface area contributed by atoms with Crippen LogP contribution in [0.2, 0.25) is 0 Å². The maximum absolute atomic E-state index is 11.5. The fourth-order valence-corrected chi connectivity index (χ4v) is 1.80. The third kappa shape index (κ3) is 2.66. The second-order valence-corrected chi connectivity index (χ2v) is 3.99. The number of hydrogen-bond acceptors (Lipinski definition) is 5. The lowest BCUT2D eigenvalue weighted by Gasteiger charge is -2.09. The van der Waals surface area contributed by atoms with Crippen LogP contribution in [0, 0.1) is 5.41 Å². The smallest absolute Gasteiger partial charge is 0.221 e. The number of methoxy groups -OCH3 is 2. The monoisotopic (exact) mass is 270 g/mol. The summed E-state index contributed by atoms with van der Waals surface area (Å²) in [5.41, 5.74) is 1.69. The van der Waals surface area contributed by atoms with E-state index in [9.17, 15) is 4.79 Å². The molecule has 2 rings (SSSR count). The van der Waals surface area contributed by atoms with Crippen LogP contribution in [0.1, 0.15) is 10.5 Å². The molecule has 0 fully saturated rings. The second-order valence-electron chi connectivity index (χ2n) is 3.99. The van der Waals surface area contributed by atoms with Crippen molar-refractivity contribution < 1.29 is 14.3 Å². The van der Waals surface area contributed by atoms with E-state index in [1.807, 2.05) is 6.07 Å². The molecule has 5 nitrogen and oxygen atoms in total. The lowest BCUT2D eigenvalue weighted by molar-refractivity contribution is 0.106. The number of ketones is 1. The molecule has 1 N–H and O–H groups in total. The van der Waals surface area contributed by atoms with Gasteiger partial charge in [-0.15, -0.1) is 0 Å². The van der Waals surface area contributed by atoms with Crippen molar-refractivity contribution in [2.24, 2.45) is 0 Å². The van der Waals surface area contributed by atoms with E-state index in [2.05, 4.69) is 4.98 Å². The van der Waals surface area contributed by atoms with E-state index in [0.717, 1.165) is 11.8 Å². The molecule has 0 amide bonds. The first-order valence-electron chi connectivity index (χ1n) is 5.94. The number of rotatable bonds is 5. The Morgan fingerprint density at radius 1 is 1.15 bits per heavy atom. The van der Waals surface area contributed by atoms with Crippen molar-refractivity contribution in [2.45, 2.75) is 0 Å². The molecule has 0 aliphatic carbocycles. The molecule has 2 aromatic rings. The van der Waals surface area contributed by atoms with E-state index in [0.29, 0.717) is 17.2 Å². The first-order chi connectivity index (χ1) is 9.69. The third-order valence-electron chi connectivity index (χ3n) is 2.81. The molecule has 1 heterocycles. The largest absolute Gasteiger partial charge is 0.493 e. The van der Waals surface area contributed by atoms with Crippen LogP contribution in [-0.2, 0) is 0 Å². The number of aromatic nitrogens is 1. The molecule has 5 heteroatoms. The minimum absolute atomic E-state index is 0.243. The van der Waals surface area contributed by atoms with Crippen LogP contribution in [-0.4, -0.2) is 31.2 Å². The summed E-state index contributed by atoms with van der Waals surface area (Å²) in [6.45, 7) is 0. The zero-order valence-corrected chi connectivity index (χ0v) is 11.2. The molecule has 0 unspecified atom stereocenters. The Morgan fingerprint density at radius 3 is 2.55 bits per heavy atom. The van der Waals surface area contributed by atoms with Crippen molar-refractivity contribution in [3.8, 4) is 22.8 Å². The van der Waals surface area contributed by atoms with E-state index in [1.165, 1.54) is 0 Å². The number of hydrogen-bond donors (Lipinski definition) is 1. The molecule has 0 saturated heterocycles. The Morgan fingerprint density at radius 2 is 1.90 bits per heavy atom. The van der Waals surface area contributed by atoms with Crippen molar-refractivity contribution in [3.05, 3.63) is 42.1 Å².